The van der Waals surface area contributed by atoms with Crippen molar-refractivity contribution in [2.45, 2.75) is 58.7 Å². The van der Waals surface area contributed by atoms with Crippen molar-refractivity contribution >= 4 is 5.78 Å². The number of rotatable bonds is 7. The number of ketones is 1. The second-order valence-corrected chi connectivity index (χ2v) is 8.40. The van der Waals surface area contributed by atoms with Crippen LogP contribution >= 0.6 is 0 Å². The molecule has 5 nitrogen and oxygen atoms in total. The lowest BCUT2D eigenvalue weighted by molar-refractivity contribution is -0.139. The Bertz CT molecular complexity index is 709. The molecule has 1 N–H and O–H groups in total. The van der Waals surface area contributed by atoms with Gasteiger partial charge in [-0.15, -0.1) is 0 Å². The van der Waals surface area contributed by atoms with E-state index in [4.69, 9.17) is 9.47 Å². The zero-order valence-electron chi connectivity index (χ0n) is 17.5. The van der Waals surface area contributed by atoms with Gasteiger partial charge in [-0.05, 0) is 70.0 Å². The maximum absolute atomic E-state index is 13.1. The third-order valence-electron chi connectivity index (χ3n) is 5.84. The summed E-state index contributed by atoms with van der Waals surface area (Å²) in [4.78, 5) is 15.3. The fraction of sp³-hybridized carbons (Fsp3) is 0.609. The van der Waals surface area contributed by atoms with Crippen LogP contribution in [0.5, 0.6) is 5.75 Å². The highest BCUT2D eigenvalue weighted by molar-refractivity contribution is 5.96. The van der Waals surface area contributed by atoms with Crippen LogP contribution in [0.4, 0.5) is 0 Å². The molecule has 4 unspecified atom stereocenters. The van der Waals surface area contributed by atoms with Crippen LogP contribution in [-0.2, 0) is 9.53 Å². The first-order valence-corrected chi connectivity index (χ1v) is 10.4. The molecule has 1 aliphatic heterocycles. The fourth-order valence-corrected chi connectivity index (χ4v) is 4.40. The SMILES string of the molecule is CCCCN(C)CC1C(O)CCC2C(=O)C(Oc3cc(C)cc(C)c3)=COC21. The van der Waals surface area contributed by atoms with E-state index >= 15 is 0 Å². The van der Waals surface area contributed by atoms with Gasteiger partial charge >= 0.3 is 0 Å². The number of aliphatic hydroxyl groups is 1. The van der Waals surface area contributed by atoms with Gasteiger partial charge in [-0.25, -0.2) is 0 Å². The van der Waals surface area contributed by atoms with Gasteiger partial charge in [0.15, 0.2) is 0 Å². The van der Waals surface area contributed by atoms with Crippen molar-refractivity contribution in [3.05, 3.63) is 41.3 Å². The first-order chi connectivity index (χ1) is 13.4. The van der Waals surface area contributed by atoms with Gasteiger partial charge in [0.2, 0.25) is 11.5 Å². The van der Waals surface area contributed by atoms with E-state index in [0.29, 0.717) is 18.6 Å². The minimum Gasteiger partial charge on any atom is -0.493 e. The topological polar surface area (TPSA) is 59.0 Å². The highest BCUT2D eigenvalue weighted by Crippen LogP contribution is 2.38. The number of aryl methyl sites for hydroxylation is 2. The molecule has 2 aliphatic rings. The van der Waals surface area contributed by atoms with E-state index in [9.17, 15) is 9.90 Å². The Labute approximate surface area is 168 Å². The van der Waals surface area contributed by atoms with Crippen molar-refractivity contribution in [3.63, 3.8) is 0 Å². The largest absolute Gasteiger partial charge is 0.493 e. The summed E-state index contributed by atoms with van der Waals surface area (Å²) in [6, 6.07) is 5.91. The summed E-state index contributed by atoms with van der Waals surface area (Å²) in [5.41, 5.74) is 2.18. The number of allylic oxidation sites excluding steroid dienone is 1. The van der Waals surface area contributed by atoms with Gasteiger partial charge in [-0.3, -0.25) is 4.79 Å². The van der Waals surface area contributed by atoms with Gasteiger partial charge in [-0.1, -0.05) is 19.4 Å². The number of ether oxygens (including phenoxy) is 2. The van der Waals surface area contributed by atoms with Crippen LogP contribution in [0.25, 0.3) is 0 Å². The molecule has 1 aliphatic carbocycles. The lowest BCUT2D eigenvalue weighted by Gasteiger charge is -2.43. The highest BCUT2D eigenvalue weighted by atomic mass is 16.5. The maximum Gasteiger partial charge on any atom is 0.208 e. The Hall–Kier alpha value is -1.85. The molecule has 1 aromatic carbocycles. The minimum absolute atomic E-state index is 0.0106. The molecule has 0 amide bonds. The van der Waals surface area contributed by atoms with E-state index in [0.717, 1.165) is 37.1 Å². The van der Waals surface area contributed by atoms with Crippen molar-refractivity contribution in [3.8, 4) is 5.75 Å². The Morgan fingerprint density at radius 1 is 1.21 bits per heavy atom. The van der Waals surface area contributed by atoms with Gasteiger partial charge in [0.05, 0.1) is 12.0 Å². The Balaban J connectivity index is 1.73. The van der Waals surface area contributed by atoms with E-state index in [1.54, 1.807) is 0 Å². The van der Waals surface area contributed by atoms with Crippen LogP contribution in [0.3, 0.4) is 0 Å². The average molecular weight is 388 g/mol. The summed E-state index contributed by atoms with van der Waals surface area (Å²) in [6.07, 6.45) is 4.26. The van der Waals surface area contributed by atoms with Crippen molar-refractivity contribution in [1.29, 1.82) is 0 Å². The predicted molar refractivity (Wildman–Crippen MR) is 109 cm³/mol. The molecule has 28 heavy (non-hydrogen) atoms. The highest BCUT2D eigenvalue weighted by Gasteiger charge is 2.47. The zero-order chi connectivity index (χ0) is 20.3. The van der Waals surface area contributed by atoms with Gasteiger partial charge < -0.3 is 19.5 Å². The van der Waals surface area contributed by atoms with E-state index in [2.05, 4.69) is 24.9 Å². The van der Waals surface area contributed by atoms with Crippen LogP contribution in [0.15, 0.2) is 30.2 Å². The number of hydrogen-bond acceptors (Lipinski definition) is 5. The molecule has 1 aromatic rings. The molecule has 1 heterocycles. The van der Waals surface area contributed by atoms with Crippen LogP contribution in [0.2, 0.25) is 0 Å². The normalized spacial score (nSPS) is 27.2. The molecule has 4 atom stereocenters. The average Bonchev–Trinajstić information content (AvgIpc) is 2.63. The first kappa shape index (κ1) is 20.9. The molecule has 0 radical (unpaired) electrons. The van der Waals surface area contributed by atoms with Gasteiger partial charge in [-0.2, -0.15) is 0 Å². The third kappa shape index (κ3) is 4.76. The predicted octanol–water partition coefficient (Wildman–Crippen LogP) is 3.61. The quantitative estimate of drug-likeness (QED) is 0.774. The summed E-state index contributed by atoms with van der Waals surface area (Å²) >= 11 is 0. The zero-order valence-corrected chi connectivity index (χ0v) is 17.5. The number of Topliss-reactive ketones (excluding diaryl/α,β-unsaturated/α-hetero) is 1. The number of unbranched alkanes of at least 4 members (excludes halogenated alkanes) is 1. The lowest BCUT2D eigenvalue weighted by Crippen LogP contribution is -2.52. The van der Waals surface area contributed by atoms with Crippen LogP contribution in [0.1, 0.15) is 43.7 Å². The number of carbonyl (C=O) groups is 1. The van der Waals surface area contributed by atoms with Crippen molar-refractivity contribution < 1.29 is 19.4 Å². The van der Waals surface area contributed by atoms with Gasteiger partial charge in [0.1, 0.15) is 18.1 Å². The molecule has 154 valence electrons. The van der Waals surface area contributed by atoms with E-state index in [-0.39, 0.29) is 29.5 Å². The molecule has 0 saturated heterocycles. The molecular weight excluding hydrogens is 354 g/mol. The van der Waals surface area contributed by atoms with E-state index in [1.807, 2.05) is 26.0 Å². The second kappa shape index (κ2) is 9.10. The molecule has 0 aromatic heterocycles. The van der Waals surface area contributed by atoms with Crippen molar-refractivity contribution in [2.24, 2.45) is 11.8 Å². The number of carbonyl (C=O) groups excluding carboxylic acids is 1. The summed E-state index contributed by atoms with van der Waals surface area (Å²) in [6.45, 7) is 7.90. The molecular formula is C23H33NO4. The minimum atomic E-state index is -0.437. The van der Waals surface area contributed by atoms with Crippen LogP contribution in [0, 0.1) is 25.7 Å². The number of nitrogens with zero attached hydrogens (tertiary/aromatic N) is 1. The van der Waals surface area contributed by atoms with Crippen molar-refractivity contribution in [2.75, 3.05) is 20.1 Å². The Kier molecular flexibility index (Phi) is 6.78. The fourth-order valence-electron chi connectivity index (χ4n) is 4.40. The van der Waals surface area contributed by atoms with Gasteiger partial charge in [0, 0.05) is 12.5 Å². The van der Waals surface area contributed by atoms with Crippen LogP contribution in [-0.4, -0.2) is 48.1 Å². The summed E-state index contributed by atoms with van der Waals surface area (Å²) in [5, 5.41) is 10.6. The first-order valence-electron chi connectivity index (χ1n) is 10.4. The molecule has 0 spiro atoms. The van der Waals surface area contributed by atoms with Gasteiger partial charge in [0.25, 0.3) is 0 Å². The molecule has 5 heteroatoms. The molecule has 1 saturated carbocycles. The summed E-state index contributed by atoms with van der Waals surface area (Å²) in [5.74, 6) is 0.595. The smallest absolute Gasteiger partial charge is 0.208 e. The molecule has 3 rings (SSSR count). The van der Waals surface area contributed by atoms with E-state index in [1.165, 1.54) is 6.26 Å². The number of fused-ring (bicyclic) bond motifs is 1. The molecule has 0 bridgehead atoms. The van der Waals surface area contributed by atoms with Crippen LogP contribution < -0.4 is 4.74 Å². The second-order valence-electron chi connectivity index (χ2n) is 8.40. The summed E-state index contributed by atoms with van der Waals surface area (Å²) < 4.78 is 11.9. The lowest BCUT2D eigenvalue weighted by atomic mass is 9.73. The monoisotopic (exact) mass is 387 g/mol. The molecule has 1 fully saturated rings. The van der Waals surface area contributed by atoms with E-state index < -0.39 is 6.10 Å². The third-order valence-corrected chi connectivity index (χ3v) is 5.84. The summed E-state index contributed by atoms with van der Waals surface area (Å²) in [7, 11) is 2.07. The van der Waals surface area contributed by atoms with Crippen molar-refractivity contribution in [1.82, 2.24) is 4.90 Å². The number of hydrogen-bond donors (Lipinski definition) is 1. The number of benzene rings is 1. The Morgan fingerprint density at radius 2 is 1.93 bits per heavy atom. The Morgan fingerprint density at radius 3 is 2.61 bits per heavy atom. The number of aliphatic hydroxyl groups excluding tert-OH is 1. The standard InChI is InChI=1S/C23H33NO4/c1-5-6-9-24(4)13-19-20(25)8-7-18-22(26)21(14-27-23(18)19)28-17-11-15(2)10-16(3)12-17/h10-12,14,18-20,23,25H,5-9,13H2,1-4H3. The maximum atomic E-state index is 13.1.